The van der Waals surface area contributed by atoms with E-state index in [0.29, 0.717) is 12.5 Å². The van der Waals surface area contributed by atoms with Gasteiger partial charge in [-0.15, -0.1) is 11.3 Å². The average molecular weight is 311 g/mol. The van der Waals surface area contributed by atoms with Gasteiger partial charge in [0.1, 0.15) is 5.01 Å². The smallest absolute Gasteiger partial charge is 0.318 e. The number of amides is 2. The number of urea groups is 1. The van der Waals surface area contributed by atoms with Crippen LogP contribution in [0.2, 0.25) is 0 Å². The van der Waals surface area contributed by atoms with Gasteiger partial charge in [0.05, 0.1) is 12.1 Å². The molecule has 0 radical (unpaired) electrons. The zero-order chi connectivity index (χ0) is 15.6. The summed E-state index contributed by atoms with van der Waals surface area (Å²) in [5, 5.41) is 13.7. The highest BCUT2D eigenvalue weighted by molar-refractivity contribution is 7.11. The maximum atomic E-state index is 12.5. The Hall–Kier alpha value is -1.14. The van der Waals surface area contributed by atoms with Crippen molar-refractivity contribution >= 4 is 17.4 Å². The van der Waals surface area contributed by atoms with Crippen LogP contribution in [-0.4, -0.2) is 39.7 Å². The molecular weight excluding hydrogens is 286 g/mol. The van der Waals surface area contributed by atoms with E-state index < -0.39 is 6.10 Å². The zero-order valence-electron chi connectivity index (χ0n) is 13.2. The van der Waals surface area contributed by atoms with Crippen LogP contribution in [0, 0.1) is 12.8 Å². The number of rotatable bonds is 6. The number of aliphatic hydroxyl groups excluding tert-OH is 1. The summed E-state index contributed by atoms with van der Waals surface area (Å²) in [6.07, 6.45) is 3.61. The quantitative estimate of drug-likeness (QED) is 0.849. The standard InChI is InChI=1S/C15H25N3O2S/c1-9(2)18(8-10(3)19)15(20)17-13(12-5-6-12)14-16-7-11(4)21-14/h7,9-10,12-13,19H,5-6,8H2,1-4H3,(H,17,20). The van der Waals surface area contributed by atoms with E-state index in [0.717, 1.165) is 22.7 Å². The molecule has 0 spiro atoms. The predicted molar refractivity (Wildman–Crippen MR) is 84.4 cm³/mol. The van der Waals surface area contributed by atoms with Crippen LogP contribution in [-0.2, 0) is 0 Å². The van der Waals surface area contributed by atoms with Gasteiger partial charge < -0.3 is 15.3 Å². The van der Waals surface area contributed by atoms with Gasteiger partial charge in [0.2, 0.25) is 0 Å². The molecule has 0 aromatic carbocycles. The molecule has 1 aromatic heterocycles. The summed E-state index contributed by atoms with van der Waals surface area (Å²) in [5.74, 6) is 0.500. The first kappa shape index (κ1) is 16.2. The van der Waals surface area contributed by atoms with Gasteiger partial charge in [0.15, 0.2) is 0 Å². The number of aryl methyl sites for hydroxylation is 1. The molecule has 6 heteroatoms. The Morgan fingerprint density at radius 3 is 2.62 bits per heavy atom. The SMILES string of the molecule is Cc1cnc(C(NC(=O)N(CC(C)O)C(C)C)C2CC2)s1. The van der Waals surface area contributed by atoms with Crippen LogP contribution < -0.4 is 5.32 Å². The number of carbonyl (C=O) groups excluding carboxylic acids is 1. The first-order chi connectivity index (χ1) is 9.88. The highest BCUT2D eigenvalue weighted by Crippen LogP contribution is 2.42. The van der Waals surface area contributed by atoms with E-state index in [1.165, 1.54) is 0 Å². The van der Waals surface area contributed by atoms with Crippen LogP contribution in [0.5, 0.6) is 0 Å². The number of carbonyl (C=O) groups is 1. The van der Waals surface area contributed by atoms with Gasteiger partial charge in [-0.3, -0.25) is 0 Å². The average Bonchev–Trinajstić information content (AvgIpc) is 3.14. The third-order valence-electron chi connectivity index (χ3n) is 3.62. The molecule has 2 amide bonds. The monoisotopic (exact) mass is 311 g/mol. The van der Waals surface area contributed by atoms with Crippen molar-refractivity contribution in [3.63, 3.8) is 0 Å². The highest BCUT2D eigenvalue weighted by atomic mass is 32.1. The summed E-state index contributed by atoms with van der Waals surface area (Å²) in [4.78, 5) is 19.8. The summed E-state index contributed by atoms with van der Waals surface area (Å²) in [6.45, 7) is 7.99. The molecule has 118 valence electrons. The van der Waals surface area contributed by atoms with Crippen molar-refractivity contribution in [2.75, 3.05) is 6.54 Å². The number of aliphatic hydroxyl groups is 1. The number of hydrogen-bond donors (Lipinski definition) is 2. The van der Waals surface area contributed by atoms with E-state index in [1.54, 1.807) is 23.2 Å². The van der Waals surface area contributed by atoms with E-state index >= 15 is 0 Å². The molecule has 1 aromatic rings. The summed E-state index contributed by atoms with van der Waals surface area (Å²) >= 11 is 1.65. The van der Waals surface area contributed by atoms with Crippen molar-refractivity contribution in [1.82, 2.24) is 15.2 Å². The van der Waals surface area contributed by atoms with Crippen LogP contribution in [0.1, 0.15) is 49.5 Å². The van der Waals surface area contributed by atoms with Crippen LogP contribution in [0.15, 0.2) is 6.20 Å². The molecule has 1 heterocycles. The van der Waals surface area contributed by atoms with Crippen LogP contribution in [0.3, 0.4) is 0 Å². The van der Waals surface area contributed by atoms with Gasteiger partial charge in [-0.2, -0.15) is 0 Å². The Morgan fingerprint density at radius 2 is 2.19 bits per heavy atom. The van der Waals surface area contributed by atoms with Gasteiger partial charge in [0.25, 0.3) is 0 Å². The fourth-order valence-corrected chi connectivity index (χ4v) is 3.27. The lowest BCUT2D eigenvalue weighted by Crippen LogP contribution is -2.48. The number of aromatic nitrogens is 1. The molecule has 5 nitrogen and oxygen atoms in total. The second-order valence-electron chi connectivity index (χ2n) is 6.17. The topological polar surface area (TPSA) is 65.5 Å². The molecule has 0 saturated heterocycles. The van der Waals surface area contributed by atoms with Crippen molar-refractivity contribution in [3.05, 3.63) is 16.1 Å². The first-order valence-electron chi connectivity index (χ1n) is 7.56. The summed E-state index contributed by atoms with van der Waals surface area (Å²) in [7, 11) is 0. The van der Waals surface area contributed by atoms with E-state index in [4.69, 9.17) is 0 Å². The van der Waals surface area contributed by atoms with E-state index in [9.17, 15) is 9.90 Å². The fourth-order valence-electron chi connectivity index (χ4n) is 2.36. The van der Waals surface area contributed by atoms with Gasteiger partial charge in [0, 0.05) is 23.7 Å². The number of hydrogen-bond acceptors (Lipinski definition) is 4. The molecule has 2 rings (SSSR count). The Kier molecular flexibility index (Phi) is 5.22. The number of nitrogens with one attached hydrogen (secondary N) is 1. The molecule has 1 saturated carbocycles. The van der Waals surface area contributed by atoms with Gasteiger partial charge in [-0.05, 0) is 46.5 Å². The molecule has 1 fully saturated rings. The van der Waals surface area contributed by atoms with Crippen LogP contribution in [0.4, 0.5) is 4.79 Å². The van der Waals surface area contributed by atoms with Gasteiger partial charge >= 0.3 is 6.03 Å². The zero-order valence-corrected chi connectivity index (χ0v) is 14.0. The molecule has 0 bridgehead atoms. The molecule has 1 aliphatic carbocycles. The van der Waals surface area contributed by atoms with Gasteiger partial charge in [-0.25, -0.2) is 9.78 Å². The lowest BCUT2D eigenvalue weighted by Gasteiger charge is -2.30. The van der Waals surface area contributed by atoms with Crippen molar-refractivity contribution in [1.29, 1.82) is 0 Å². The Balaban J connectivity index is 2.07. The number of thiazole rings is 1. The predicted octanol–water partition coefficient (Wildman–Crippen LogP) is 2.70. The Labute approximate surface area is 130 Å². The van der Waals surface area contributed by atoms with Crippen molar-refractivity contribution in [3.8, 4) is 0 Å². The fraction of sp³-hybridized carbons (Fsp3) is 0.733. The van der Waals surface area contributed by atoms with E-state index in [-0.39, 0.29) is 18.1 Å². The van der Waals surface area contributed by atoms with Crippen molar-refractivity contribution in [2.45, 2.75) is 58.7 Å². The summed E-state index contributed by atoms with van der Waals surface area (Å²) in [5.41, 5.74) is 0. The maximum Gasteiger partial charge on any atom is 0.318 e. The van der Waals surface area contributed by atoms with Gasteiger partial charge in [-0.1, -0.05) is 0 Å². The number of nitrogens with zero attached hydrogens (tertiary/aromatic N) is 2. The highest BCUT2D eigenvalue weighted by Gasteiger charge is 2.36. The Bertz CT molecular complexity index is 483. The minimum Gasteiger partial charge on any atom is -0.392 e. The molecule has 2 unspecified atom stereocenters. The lowest BCUT2D eigenvalue weighted by molar-refractivity contribution is 0.117. The van der Waals surface area contributed by atoms with E-state index in [1.807, 2.05) is 27.0 Å². The molecule has 21 heavy (non-hydrogen) atoms. The molecule has 1 aliphatic rings. The summed E-state index contributed by atoms with van der Waals surface area (Å²) < 4.78 is 0. The van der Waals surface area contributed by atoms with Crippen molar-refractivity contribution < 1.29 is 9.90 Å². The van der Waals surface area contributed by atoms with Crippen LogP contribution >= 0.6 is 11.3 Å². The molecule has 2 atom stereocenters. The second kappa shape index (κ2) is 6.75. The van der Waals surface area contributed by atoms with Crippen molar-refractivity contribution in [2.24, 2.45) is 5.92 Å². The Morgan fingerprint density at radius 1 is 1.52 bits per heavy atom. The van der Waals surface area contributed by atoms with Crippen LogP contribution in [0.25, 0.3) is 0 Å². The molecule has 0 aliphatic heterocycles. The normalized spacial score (nSPS) is 17.6. The maximum absolute atomic E-state index is 12.5. The second-order valence-corrected chi connectivity index (χ2v) is 7.44. The third kappa shape index (κ3) is 4.41. The molecule has 2 N–H and O–H groups in total. The van der Waals surface area contributed by atoms with E-state index in [2.05, 4.69) is 10.3 Å². The first-order valence-corrected chi connectivity index (χ1v) is 8.37. The lowest BCUT2D eigenvalue weighted by atomic mass is 10.2. The molecular formula is C15H25N3O2S. The minimum atomic E-state index is -0.528. The largest absolute Gasteiger partial charge is 0.392 e. The third-order valence-corrected chi connectivity index (χ3v) is 4.62. The summed E-state index contributed by atoms with van der Waals surface area (Å²) in [6, 6.07) is -0.0559. The minimum absolute atomic E-state index is 0.00597.